The average Bonchev–Trinajstić information content (AvgIpc) is 3.26. The number of fused-ring (bicyclic) bond motifs is 1. The number of rotatable bonds is 15. The van der Waals surface area contributed by atoms with Crippen molar-refractivity contribution in [1.82, 2.24) is 20.9 Å². The highest BCUT2D eigenvalue weighted by Crippen LogP contribution is 2.19. The number of carboxylic acids is 1. The Labute approximate surface area is 218 Å². The maximum Gasteiger partial charge on any atom is 0.326 e. The Morgan fingerprint density at radius 1 is 1.00 bits per heavy atom. The highest BCUT2D eigenvalue weighted by atomic mass is 32.2. The van der Waals surface area contributed by atoms with Crippen LogP contribution in [0.5, 0.6) is 0 Å². The number of carboxylic acid groups (broad SMARTS) is 1. The summed E-state index contributed by atoms with van der Waals surface area (Å²) in [5, 5.41) is 17.9. The maximum absolute atomic E-state index is 12.8. The van der Waals surface area contributed by atoms with E-state index in [9.17, 15) is 29.1 Å². The van der Waals surface area contributed by atoms with Crippen molar-refractivity contribution in [3.05, 3.63) is 36.0 Å². The van der Waals surface area contributed by atoms with Gasteiger partial charge in [0.05, 0.1) is 6.04 Å². The number of carbonyl (C=O) groups is 5. The van der Waals surface area contributed by atoms with Crippen LogP contribution in [-0.4, -0.2) is 75.9 Å². The van der Waals surface area contributed by atoms with Gasteiger partial charge in [-0.3, -0.25) is 19.2 Å². The first-order chi connectivity index (χ1) is 17.5. The lowest BCUT2D eigenvalue weighted by atomic mass is 10.0. The molecule has 0 fully saturated rings. The van der Waals surface area contributed by atoms with Crippen LogP contribution >= 0.6 is 11.8 Å². The zero-order chi connectivity index (χ0) is 27.5. The van der Waals surface area contributed by atoms with Crippen LogP contribution in [0, 0.1) is 0 Å². The maximum atomic E-state index is 12.8. The van der Waals surface area contributed by atoms with Gasteiger partial charge < -0.3 is 37.5 Å². The van der Waals surface area contributed by atoms with Gasteiger partial charge in [-0.25, -0.2) is 4.79 Å². The molecule has 2 aromatic rings. The van der Waals surface area contributed by atoms with Crippen molar-refractivity contribution >= 4 is 52.3 Å². The van der Waals surface area contributed by atoms with Crippen molar-refractivity contribution < 1.29 is 29.1 Å². The van der Waals surface area contributed by atoms with Gasteiger partial charge in [0, 0.05) is 29.9 Å². The fourth-order valence-corrected chi connectivity index (χ4v) is 4.10. The summed E-state index contributed by atoms with van der Waals surface area (Å²) in [5.74, 6) is -3.27. The molecule has 0 bridgehead atoms. The fourth-order valence-electron chi connectivity index (χ4n) is 3.61. The van der Waals surface area contributed by atoms with Crippen LogP contribution in [0.4, 0.5) is 0 Å². The van der Waals surface area contributed by atoms with Crippen LogP contribution in [0.1, 0.15) is 31.7 Å². The Hall–Kier alpha value is -3.58. The number of carbonyl (C=O) groups excluding carboxylic acids is 4. The second-order valence-electron chi connectivity index (χ2n) is 8.65. The van der Waals surface area contributed by atoms with Crippen molar-refractivity contribution in [2.24, 2.45) is 11.5 Å². The Bertz CT molecular complexity index is 1120. The quantitative estimate of drug-likeness (QED) is 0.160. The first kappa shape index (κ1) is 29.6. The van der Waals surface area contributed by atoms with Gasteiger partial charge in [-0.1, -0.05) is 18.2 Å². The van der Waals surface area contributed by atoms with Crippen LogP contribution in [0.3, 0.4) is 0 Å². The van der Waals surface area contributed by atoms with E-state index in [4.69, 9.17) is 11.5 Å². The molecule has 13 heteroatoms. The molecule has 2 rings (SSSR count). The zero-order valence-corrected chi connectivity index (χ0v) is 21.6. The summed E-state index contributed by atoms with van der Waals surface area (Å²) < 4.78 is 0. The molecule has 0 saturated carbocycles. The van der Waals surface area contributed by atoms with Crippen LogP contribution in [0.25, 0.3) is 10.9 Å². The number of primary amides is 1. The predicted octanol–water partition coefficient (Wildman–Crippen LogP) is -0.385. The number of nitrogens with one attached hydrogen (secondary N) is 4. The van der Waals surface area contributed by atoms with Crippen LogP contribution < -0.4 is 27.4 Å². The van der Waals surface area contributed by atoms with E-state index in [1.54, 1.807) is 6.20 Å². The van der Waals surface area contributed by atoms with Crippen molar-refractivity contribution in [2.75, 3.05) is 12.0 Å². The SMILES string of the molecule is CSCCC(N)C(=O)NC(CCC(N)=O)C(=O)NC(C)C(=O)NC(Cc1c[nH]c2ccccc12)C(=O)O. The third-order valence-electron chi connectivity index (χ3n) is 5.75. The van der Waals surface area contributed by atoms with E-state index in [1.165, 1.54) is 18.7 Å². The molecule has 4 amide bonds. The number of aliphatic carboxylic acids is 1. The first-order valence-corrected chi connectivity index (χ1v) is 13.1. The number of hydrogen-bond acceptors (Lipinski definition) is 7. The molecular weight excluding hydrogens is 500 g/mol. The van der Waals surface area contributed by atoms with E-state index in [0.29, 0.717) is 17.7 Å². The number of aromatic nitrogens is 1. The van der Waals surface area contributed by atoms with E-state index in [0.717, 1.165) is 10.9 Å². The molecule has 4 unspecified atom stereocenters. The summed E-state index contributed by atoms with van der Waals surface area (Å²) in [7, 11) is 0. The lowest BCUT2D eigenvalue weighted by Gasteiger charge is -2.23. The second kappa shape index (κ2) is 14.2. The third-order valence-corrected chi connectivity index (χ3v) is 6.39. The molecule has 202 valence electrons. The van der Waals surface area contributed by atoms with Gasteiger partial charge in [-0.05, 0) is 43.4 Å². The molecule has 9 N–H and O–H groups in total. The Morgan fingerprint density at radius 3 is 2.32 bits per heavy atom. The molecule has 0 aliphatic rings. The molecule has 1 aromatic carbocycles. The molecule has 12 nitrogen and oxygen atoms in total. The number of hydrogen-bond donors (Lipinski definition) is 7. The monoisotopic (exact) mass is 534 g/mol. The minimum Gasteiger partial charge on any atom is -0.480 e. The summed E-state index contributed by atoms with van der Waals surface area (Å²) in [6, 6.07) is 3.00. The predicted molar refractivity (Wildman–Crippen MR) is 141 cm³/mol. The highest BCUT2D eigenvalue weighted by molar-refractivity contribution is 7.98. The standard InChI is InChI=1S/C24H34N6O6S/c1-13(28-23(34)18(7-8-20(26)31)29-22(33)16(25)9-10-37-2)21(32)30-19(24(35)36)11-14-12-27-17-6-4-3-5-15(14)17/h3-6,12-13,16,18-19,27H,7-11,25H2,1-2H3,(H2,26,31)(H,28,34)(H,29,33)(H,30,32)(H,35,36). The molecule has 0 radical (unpaired) electrons. The largest absolute Gasteiger partial charge is 0.480 e. The summed E-state index contributed by atoms with van der Waals surface area (Å²) >= 11 is 1.52. The molecule has 1 aromatic heterocycles. The number of H-pyrrole nitrogens is 1. The van der Waals surface area contributed by atoms with E-state index in [2.05, 4.69) is 20.9 Å². The topological polar surface area (TPSA) is 209 Å². The summed E-state index contributed by atoms with van der Waals surface area (Å²) in [6.07, 6.45) is 3.71. The van der Waals surface area contributed by atoms with Gasteiger partial charge in [0.25, 0.3) is 0 Å². The summed E-state index contributed by atoms with van der Waals surface area (Å²) in [6.45, 7) is 1.38. The van der Waals surface area contributed by atoms with Gasteiger partial charge >= 0.3 is 5.97 Å². The number of amides is 4. The summed E-state index contributed by atoms with van der Waals surface area (Å²) in [4.78, 5) is 64.1. The average molecular weight is 535 g/mol. The summed E-state index contributed by atoms with van der Waals surface area (Å²) in [5.41, 5.74) is 12.6. The molecule has 0 aliphatic carbocycles. The molecule has 0 aliphatic heterocycles. The van der Waals surface area contributed by atoms with E-state index >= 15 is 0 Å². The molecule has 0 spiro atoms. The smallest absolute Gasteiger partial charge is 0.326 e. The number of nitrogens with two attached hydrogens (primary N) is 2. The van der Waals surface area contributed by atoms with E-state index in [-0.39, 0.29) is 19.3 Å². The van der Waals surface area contributed by atoms with Crippen molar-refractivity contribution in [2.45, 2.75) is 56.8 Å². The third kappa shape index (κ3) is 9.10. The normalized spacial score (nSPS) is 14.2. The van der Waals surface area contributed by atoms with Crippen LogP contribution in [-0.2, 0) is 30.4 Å². The molecule has 4 atom stereocenters. The lowest BCUT2D eigenvalue weighted by Crippen LogP contribution is -2.56. The lowest BCUT2D eigenvalue weighted by molar-refractivity contribution is -0.142. The number of thioether (sulfide) groups is 1. The van der Waals surface area contributed by atoms with Gasteiger partial charge in [-0.15, -0.1) is 0 Å². The highest BCUT2D eigenvalue weighted by Gasteiger charge is 2.29. The number of benzene rings is 1. The minimum atomic E-state index is -1.24. The second-order valence-corrected chi connectivity index (χ2v) is 9.63. The Kier molecular flexibility index (Phi) is 11.4. The van der Waals surface area contributed by atoms with Gasteiger partial charge in [-0.2, -0.15) is 11.8 Å². The van der Waals surface area contributed by atoms with Crippen LogP contribution in [0.2, 0.25) is 0 Å². The number of aromatic amines is 1. The van der Waals surface area contributed by atoms with Crippen LogP contribution in [0.15, 0.2) is 30.5 Å². The Balaban J connectivity index is 2.03. The van der Waals surface area contributed by atoms with Gasteiger partial charge in [0.2, 0.25) is 23.6 Å². The number of para-hydroxylation sites is 1. The molecule has 37 heavy (non-hydrogen) atoms. The molecule has 0 saturated heterocycles. The van der Waals surface area contributed by atoms with Crippen molar-refractivity contribution in [3.8, 4) is 0 Å². The van der Waals surface area contributed by atoms with Gasteiger partial charge in [0.15, 0.2) is 0 Å². The van der Waals surface area contributed by atoms with E-state index in [1.807, 2.05) is 30.5 Å². The van der Waals surface area contributed by atoms with Crippen molar-refractivity contribution in [1.29, 1.82) is 0 Å². The first-order valence-electron chi connectivity index (χ1n) is 11.7. The van der Waals surface area contributed by atoms with Gasteiger partial charge in [0.1, 0.15) is 18.1 Å². The van der Waals surface area contributed by atoms with E-state index < -0.39 is 53.8 Å². The zero-order valence-electron chi connectivity index (χ0n) is 20.8. The Morgan fingerprint density at radius 2 is 1.68 bits per heavy atom. The fraction of sp³-hybridized carbons (Fsp3) is 0.458. The van der Waals surface area contributed by atoms with Crippen molar-refractivity contribution in [3.63, 3.8) is 0 Å². The molecule has 1 heterocycles. The minimum absolute atomic E-state index is 0.0248. The molecular formula is C24H34N6O6S.